The average Bonchev–Trinajstić information content (AvgIpc) is 2.17. The minimum absolute atomic E-state index is 0.383. The topological polar surface area (TPSA) is 17.1 Å². The Bertz CT molecular complexity index is 262. The summed E-state index contributed by atoms with van der Waals surface area (Å²) in [6.07, 6.45) is 7.49. The largest absolute Gasteiger partial charge is 0.300 e. The SMILES string of the molecule is C=C(C)CC1CC2CCC1CC2CC(C)=O. The summed E-state index contributed by atoms with van der Waals surface area (Å²) < 4.78 is 0. The Balaban J connectivity index is 1.95. The first-order valence-corrected chi connectivity index (χ1v) is 6.70. The van der Waals surface area contributed by atoms with Gasteiger partial charge >= 0.3 is 0 Å². The van der Waals surface area contributed by atoms with Crippen LogP contribution in [-0.2, 0) is 4.79 Å². The van der Waals surface area contributed by atoms with Gasteiger partial charge in [-0.1, -0.05) is 5.57 Å². The van der Waals surface area contributed by atoms with Crippen molar-refractivity contribution >= 4 is 5.78 Å². The molecular formula is C15H24O. The molecular weight excluding hydrogens is 196 g/mol. The Labute approximate surface area is 99.3 Å². The highest BCUT2D eigenvalue weighted by Gasteiger charge is 2.41. The quantitative estimate of drug-likeness (QED) is 0.655. The van der Waals surface area contributed by atoms with Gasteiger partial charge in [0.2, 0.25) is 0 Å². The summed E-state index contributed by atoms with van der Waals surface area (Å²) >= 11 is 0. The van der Waals surface area contributed by atoms with Crippen molar-refractivity contribution in [1.29, 1.82) is 0 Å². The number of hydrogen-bond acceptors (Lipinski definition) is 1. The Morgan fingerprint density at radius 2 is 1.56 bits per heavy atom. The second kappa shape index (κ2) is 4.73. The van der Waals surface area contributed by atoms with Gasteiger partial charge in [-0.15, -0.1) is 6.58 Å². The van der Waals surface area contributed by atoms with Crippen LogP contribution in [0.15, 0.2) is 12.2 Å². The van der Waals surface area contributed by atoms with Crippen molar-refractivity contribution in [3.8, 4) is 0 Å². The van der Waals surface area contributed by atoms with E-state index in [-0.39, 0.29) is 0 Å². The molecule has 3 fully saturated rings. The monoisotopic (exact) mass is 220 g/mol. The highest BCUT2D eigenvalue weighted by atomic mass is 16.1. The predicted octanol–water partition coefficient (Wildman–Crippen LogP) is 3.98. The lowest BCUT2D eigenvalue weighted by Crippen LogP contribution is -2.38. The van der Waals surface area contributed by atoms with Crippen molar-refractivity contribution in [3.05, 3.63) is 12.2 Å². The summed E-state index contributed by atoms with van der Waals surface area (Å²) in [7, 11) is 0. The molecule has 0 amide bonds. The Kier molecular flexibility index (Phi) is 3.51. The number of hydrogen-bond donors (Lipinski definition) is 0. The van der Waals surface area contributed by atoms with Crippen LogP contribution in [0, 0.1) is 23.7 Å². The van der Waals surface area contributed by atoms with Crippen LogP contribution in [0.2, 0.25) is 0 Å². The van der Waals surface area contributed by atoms with Crippen LogP contribution >= 0.6 is 0 Å². The highest BCUT2D eigenvalue weighted by Crippen LogP contribution is 2.51. The van der Waals surface area contributed by atoms with Crippen molar-refractivity contribution in [2.45, 2.75) is 52.4 Å². The Hall–Kier alpha value is -0.590. The first-order valence-electron chi connectivity index (χ1n) is 6.70. The van der Waals surface area contributed by atoms with E-state index in [4.69, 9.17) is 0 Å². The Morgan fingerprint density at radius 1 is 1.06 bits per heavy atom. The maximum atomic E-state index is 11.2. The van der Waals surface area contributed by atoms with Crippen molar-refractivity contribution in [1.82, 2.24) is 0 Å². The van der Waals surface area contributed by atoms with Gasteiger partial charge in [0.15, 0.2) is 0 Å². The fourth-order valence-corrected chi connectivity index (χ4v) is 4.00. The lowest BCUT2D eigenvalue weighted by atomic mass is 9.58. The molecule has 0 aromatic carbocycles. The molecule has 90 valence electrons. The molecule has 0 radical (unpaired) electrons. The van der Waals surface area contributed by atoms with Gasteiger partial charge in [0.05, 0.1) is 0 Å². The maximum absolute atomic E-state index is 11.2. The molecule has 1 nitrogen and oxygen atoms in total. The van der Waals surface area contributed by atoms with Gasteiger partial charge in [0.25, 0.3) is 0 Å². The van der Waals surface area contributed by atoms with E-state index in [0.717, 1.165) is 24.2 Å². The fourth-order valence-electron chi connectivity index (χ4n) is 4.00. The summed E-state index contributed by atoms with van der Waals surface area (Å²) in [6, 6.07) is 0. The van der Waals surface area contributed by atoms with E-state index in [0.29, 0.717) is 11.7 Å². The van der Waals surface area contributed by atoms with E-state index in [1.807, 2.05) is 0 Å². The van der Waals surface area contributed by atoms with Crippen LogP contribution in [0.1, 0.15) is 52.4 Å². The number of carbonyl (C=O) groups excluding carboxylic acids is 1. The van der Waals surface area contributed by atoms with Crippen LogP contribution in [0.4, 0.5) is 0 Å². The molecule has 4 atom stereocenters. The first-order chi connectivity index (χ1) is 7.56. The zero-order valence-electron chi connectivity index (χ0n) is 10.7. The molecule has 0 heterocycles. The minimum atomic E-state index is 0.383. The molecule has 2 bridgehead atoms. The number of carbonyl (C=O) groups is 1. The van der Waals surface area contributed by atoms with Crippen LogP contribution in [0.5, 0.6) is 0 Å². The van der Waals surface area contributed by atoms with Crippen molar-refractivity contribution in [3.63, 3.8) is 0 Å². The van der Waals surface area contributed by atoms with Crippen molar-refractivity contribution in [2.24, 2.45) is 23.7 Å². The normalized spacial score (nSPS) is 37.4. The highest BCUT2D eigenvalue weighted by molar-refractivity contribution is 5.75. The van der Waals surface area contributed by atoms with E-state index in [2.05, 4.69) is 13.5 Å². The summed E-state index contributed by atoms with van der Waals surface area (Å²) in [6.45, 7) is 7.94. The Morgan fingerprint density at radius 3 is 1.94 bits per heavy atom. The van der Waals surface area contributed by atoms with E-state index in [1.54, 1.807) is 6.92 Å². The second-order valence-corrected chi connectivity index (χ2v) is 6.16. The summed E-state index contributed by atoms with van der Waals surface area (Å²) in [5.41, 5.74) is 1.33. The second-order valence-electron chi connectivity index (χ2n) is 6.16. The standard InChI is InChI=1S/C15H24O/c1-10(2)6-14-8-13-5-4-12(14)9-15(13)7-11(3)16/h12-15H,1,4-9H2,2-3H3. The van der Waals surface area contributed by atoms with Crippen molar-refractivity contribution < 1.29 is 4.79 Å². The predicted molar refractivity (Wildman–Crippen MR) is 67.2 cm³/mol. The van der Waals surface area contributed by atoms with Gasteiger partial charge in [0.1, 0.15) is 5.78 Å². The van der Waals surface area contributed by atoms with E-state index < -0.39 is 0 Å². The number of Topliss-reactive ketones (excluding diaryl/α,β-unsaturated/α-hetero) is 1. The maximum Gasteiger partial charge on any atom is 0.130 e. The van der Waals surface area contributed by atoms with Crippen LogP contribution in [0.3, 0.4) is 0 Å². The van der Waals surface area contributed by atoms with Gasteiger partial charge in [-0.05, 0) is 69.6 Å². The molecule has 0 saturated heterocycles. The average molecular weight is 220 g/mol. The molecule has 0 spiro atoms. The zero-order chi connectivity index (χ0) is 11.7. The number of fused-ring (bicyclic) bond motifs is 3. The molecule has 0 aliphatic heterocycles. The minimum Gasteiger partial charge on any atom is -0.300 e. The lowest BCUT2D eigenvalue weighted by molar-refractivity contribution is -0.119. The van der Waals surface area contributed by atoms with Gasteiger partial charge in [-0.25, -0.2) is 0 Å². The third kappa shape index (κ3) is 2.56. The first kappa shape index (κ1) is 11.9. The molecule has 3 aliphatic rings. The number of allylic oxidation sites excluding steroid dienone is 1. The molecule has 0 N–H and O–H groups in total. The van der Waals surface area contributed by atoms with E-state index >= 15 is 0 Å². The van der Waals surface area contributed by atoms with Gasteiger partial charge in [-0.3, -0.25) is 0 Å². The van der Waals surface area contributed by atoms with Gasteiger partial charge < -0.3 is 4.79 Å². The number of ketones is 1. The summed E-state index contributed by atoms with van der Waals surface area (Å²) in [5.74, 6) is 3.68. The molecule has 3 aliphatic carbocycles. The molecule has 16 heavy (non-hydrogen) atoms. The molecule has 3 saturated carbocycles. The lowest BCUT2D eigenvalue weighted by Gasteiger charge is -2.47. The molecule has 0 aromatic heterocycles. The fraction of sp³-hybridized carbons (Fsp3) is 0.800. The van der Waals surface area contributed by atoms with Gasteiger partial charge in [-0.2, -0.15) is 0 Å². The van der Waals surface area contributed by atoms with Crippen LogP contribution < -0.4 is 0 Å². The third-order valence-electron chi connectivity index (χ3n) is 4.61. The smallest absolute Gasteiger partial charge is 0.130 e. The number of rotatable bonds is 4. The van der Waals surface area contributed by atoms with E-state index in [9.17, 15) is 4.79 Å². The molecule has 0 aromatic rings. The molecule has 1 heteroatoms. The van der Waals surface area contributed by atoms with Gasteiger partial charge in [0, 0.05) is 6.42 Å². The van der Waals surface area contributed by atoms with Crippen LogP contribution in [0.25, 0.3) is 0 Å². The zero-order valence-corrected chi connectivity index (χ0v) is 10.7. The molecule has 4 unspecified atom stereocenters. The van der Waals surface area contributed by atoms with Crippen molar-refractivity contribution in [2.75, 3.05) is 0 Å². The third-order valence-corrected chi connectivity index (χ3v) is 4.61. The van der Waals surface area contributed by atoms with Crippen LogP contribution in [-0.4, -0.2) is 5.78 Å². The molecule has 3 rings (SSSR count). The summed E-state index contributed by atoms with van der Waals surface area (Å²) in [5, 5.41) is 0. The summed E-state index contributed by atoms with van der Waals surface area (Å²) in [4.78, 5) is 11.2. The van der Waals surface area contributed by atoms with E-state index in [1.165, 1.54) is 37.7 Å².